The third-order valence-corrected chi connectivity index (χ3v) is 6.12. The molecule has 0 bridgehead atoms. The molecular formula is C14H15NO4S2. The summed E-state index contributed by atoms with van der Waals surface area (Å²) >= 11 is 1.43. The summed E-state index contributed by atoms with van der Waals surface area (Å²) in [7, 11) is -2.18. The number of hydrogen-bond donors (Lipinski definition) is 1. The number of carbonyl (C=O) groups is 1. The molecular weight excluding hydrogens is 310 g/mol. The maximum atomic E-state index is 12.6. The standard InChI is InChI=1S/C14H15NO4S2/c1-9-8-13(10(2)20-9)21(18,19)15(3)12-6-4-11(5-7-12)14(16)17/h4-8H,1-3H3,(H,16,17). The predicted octanol–water partition coefficient (Wildman–Crippen LogP) is 2.89. The Bertz CT molecular complexity index is 776. The van der Waals surface area contributed by atoms with Gasteiger partial charge >= 0.3 is 5.97 Å². The van der Waals surface area contributed by atoms with Gasteiger partial charge in [0.25, 0.3) is 10.0 Å². The maximum absolute atomic E-state index is 12.6. The SMILES string of the molecule is Cc1cc(S(=O)(=O)N(C)c2ccc(C(=O)O)cc2)c(C)s1. The lowest BCUT2D eigenvalue weighted by Gasteiger charge is -2.19. The summed E-state index contributed by atoms with van der Waals surface area (Å²) in [5.41, 5.74) is 0.537. The Balaban J connectivity index is 2.40. The fourth-order valence-electron chi connectivity index (χ4n) is 1.96. The number of rotatable bonds is 4. The first-order valence-corrected chi connectivity index (χ1v) is 8.38. The second-order valence-electron chi connectivity index (χ2n) is 4.60. The highest BCUT2D eigenvalue weighted by Crippen LogP contribution is 2.29. The highest BCUT2D eigenvalue weighted by atomic mass is 32.2. The molecule has 0 fully saturated rings. The molecule has 2 rings (SSSR count). The van der Waals surface area contributed by atoms with E-state index in [0.29, 0.717) is 5.69 Å². The number of thiophene rings is 1. The van der Waals surface area contributed by atoms with Gasteiger partial charge in [0.05, 0.1) is 11.3 Å². The van der Waals surface area contributed by atoms with Crippen molar-refractivity contribution in [3.8, 4) is 0 Å². The van der Waals surface area contributed by atoms with E-state index in [1.54, 1.807) is 13.0 Å². The molecule has 2 aromatic rings. The van der Waals surface area contributed by atoms with Crippen LogP contribution in [0.2, 0.25) is 0 Å². The van der Waals surface area contributed by atoms with Gasteiger partial charge in [-0.25, -0.2) is 13.2 Å². The van der Waals surface area contributed by atoms with Crippen LogP contribution in [0.5, 0.6) is 0 Å². The molecule has 21 heavy (non-hydrogen) atoms. The molecule has 112 valence electrons. The molecule has 1 aromatic heterocycles. The Labute approximate surface area is 127 Å². The van der Waals surface area contributed by atoms with E-state index >= 15 is 0 Å². The van der Waals surface area contributed by atoms with E-state index in [0.717, 1.165) is 14.1 Å². The molecule has 1 N–H and O–H groups in total. The summed E-state index contributed by atoms with van der Waals surface area (Å²) in [4.78, 5) is 12.8. The molecule has 0 saturated heterocycles. The van der Waals surface area contributed by atoms with E-state index in [1.165, 1.54) is 42.6 Å². The minimum atomic E-state index is -3.64. The Morgan fingerprint density at radius 1 is 1.19 bits per heavy atom. The highest BCUT2D eigenvalue weighted by Gasteiger charge is 2.24. The number of aryl methyl sites for hydroxylation is 2. The lowest BCUT2D eigenvalue weighted by Crippen LogP contribution is -2.26. The largest absolute Gasteiger partial charge is 0.478 e. The number of hydrogen-bond acceptors (Lipinski definition) is 4. The van der Waals surface area contributed by atoms with Crippen molar-refractivity contribution in [1.82, 2.24) is 0 Å². The van der Waals surface area contributed by atoms with E-state index in [4.69, 9.17) is 5.11 Å². The fraction of sp³-hybridized carbons (Fsp3) is 0.214. The van der Waals surface area contributed by atoms with Gasteiger partial charge in [0, 0.05) is 16.8 Å². The summed E-state index contributed by atoms with van der Waals surface area (Å²) in [6.45, 7) is 3.63. The number of aromatic carboxylic acids is 1. The molecule has 0 saturated carbocycles. The predicted molar refractivity (Wildman–Crippen MR) is 82.8 cm³/mol. The number of benzene rings is 1. The van der Waals surface area contributed by atoms with Crippen LogP contribution >= 0.6 is 11.3 Å². The zero-order valence-electron chi connectivity index (χ0n) is 11.8. The number of nitrogens with zero attached hydrogens (tertiary/aromatic N) is 1. The molecule has 1 heterocycles. The van der Waals surface area contributed by atoms with Crippen molar-refractivity contribution in [3.63, 3.8) is 0 Å². The highest BCUT2D eigenvalue weighted by molar-refractivity contribution is 7.93. The van der Waals surface area contributed by atoms with Gasteiger partial charge in [0.2, 0.25) is 0 Å². The molecule has 0 aliphatic rings. The minimum absolute atomic E-state index is 0.118. The first-order chi connectivity index (χ1) is 9.73. The molecule has 5 nitrogen and oxygen atoms in total. The lowest BCUT2D eigenvalue weighted by atomic mass is 10.2. The molecule has 0 unspecified atom stereocenters. The van der Waals surface area contributed by atoms with Gasteiger partial charge in [0.15, 0.2) is 0 Å². The van der Waals surface area contributed by atoms with Gasteiger partial charge in [0.1, 0.15) is 4.90 Å². The van der Waals surface area contributed by atoms with Crippen molar-refractivity contribution in [3.05, 3.63) is 45.6 Å². The van der Waals surface area contributed by atoms with E-state index in [9.17, 15) is 13.2 Å². The number of anilines is 1. The molecule has 0 atom stereocenters. The lowest BCUT2D eigenvalue weighted by molar-refractivity contribution is 0.0697. The molecule has 7 heteroatoms. The quantitative estimate of drug-likeness (QED) is 0.938. The summed E-state index contributed by atoms with van der Waals surface area (Å²) in [6.07, 6.45) is 0. The first kappa shape index (κ1) is 15.5. The van der Waals surface area contributed by atoms with Crippen LogP contribution in [0.3, 0.4) is 0 Å². The van der Waals surface area contributed by atoms with Crippen LogP contribution in [-0.2, 0) is 10.0 Å². The van der Waals surface area contributed by atoms with Crippen molar-refractivity contribution in [2.24, 2.45) is 0 Å². The molecule has 0 spiro atoms. The molecule has 0 radical (unpaired) electrons. The van der Waals surface area contributed by atoms with Crippen LogP contribution < -0.4 is 4.31 Å². The Morgan fingerprint density at radius 3 is 2.19 bits per heavy atom. The summed E-state index contributed by atoms with van der Waals surface area (Å²) in [6, 6.07) is 7.38. The summed E-state index contributed by atoms with van der Waals surface area (Å²) in [5.74, 6) is -1.05. The zero-order valence-corrected chi connectivity index (χ0v) is 13.5. The van der Waals surface area contributed by atoms with Gasteiger partial charge in [-0.05, 0) is 44.2 Å². The summed E-state index contributed by atoms with van der Waals surface area (Å²) in [5, 5.41) is 8.86. The van der Waals surface area contributed by atoms with Crippen molar-refractivity contribution >= 4 is 33.0 Å². The van der Waals surface area contributed by atoms with E-state index in [-0.39, 0.29) is 10.5 Å². The number of carboxylic acid groups (broad SMARTS) is 1. The number of carboxylic acids is 1. The Morgan fingerprint density at radius 2 is 1.76 bits per heavy atom. The van der Waals surface area contributed by atoms with Crippen molar-refractivity contribution in [1.29, 1.82) is 0 Å². The number of sulfonamides is 1. The second kappa shape index (κ2) is 5.50. The van der Waals surface area contributed by atoms with Crippen molar-refractivity contribution in [2.45, 2.75) is 18.7 Å². The van der Waals surface area contributed by atoms with Crippen LogP contribution in [0.25, 0.3) is 0 Å². The van der Waals surface area contributed by atoms with Gasteiger partial charge in [-0.3, -0.25) is 4.31 Å². The minimum Gasteiger partial charge on any atom is -0.478 e. The van der Waals surface area contributed by atoms with Gasteiger partial charge in [-0.1, -0.05) is 0 Å². The fourth-order valence-corrected chi connectivity index (χ4v) is 4.68. The Kier molecular flexibility index (Phi) is 4.06. The molecule has 0 amide bonds. The Hall–Kier alpha value is -1.86. The van der Waals surface area contributed by atoms with Crippen LogP contribution in [0.15, 0.2) is 35.2 Å². The van der Waals surface area contributed by atoms with Crippen LogP contribution in [0.1, 0.15) is 20.1 Å². The van der Waals surface area contributed by atoms with Crippen LogP contribution in [0.4, 0.5) is 5.69 Å². The van der Waals surface area contributed by atoms with Crippen LogP contribution in [0, 0.1) is 13.8 Å². The molecule has 1 aromatic carbocycles. The monoisotopic (exact) mass is 325 g/mol. The maximum Gasteiger partial charge on any atom is 0.335 e. The van der Waals surface area contributed by atoms with Gasteiger partial charge in [-0.2, -0.15) is 0 Å². The van der Waals surface area contributed by atoms with Gasteiger partial charge in [-0.15, -0.1) is 11.3 Å². The third kappa shape index (κ3) is 2.93. The smallest absolute Gasteiger partial charge is 0.335 e. The first-order valence-electron chi connectivity index (χ1n) is 6.13. The van der Waals surface area contributed by atoms with Crippen molar-refractivity contribution < 1.29 is 18.3 Å². The normalized spacial score (nSPS) is 11.4. The molecule has 0 aliphatic heterocycles. The van der Waals surface area contributed by atoms with Crippen molar-refractivity contribution in [2.75, 3.05) is 11.4 Å². The molecule has 0 aliphatic carbocycles. The van der Waals surface area contributed by atoms with E-state index < -0.39 is 16.0 Å². The second-order valence-corrected chi connectivity index (χ2v) is 8.00. The van der Waals surface area contributed by atoms with Crippen LogP contribution in [-0.4, -0.2) is 26.5 Å². The topological polar surface area (TPSA) is 74.7 Å². The van der Waals surface area contributed by atoms with E-state index in [2.05, 4.69) is 0 Å². The van der Waals surface area contributed by atoms with E-state index in [1.807, 2.05) is 6.92 Å². The zero-order chi connectivity index (χ0) is 15.8. The average Bonchev–Trinajstić information content (AvgIpc) is 2.77. The summed E-state index contributed by atoms with van der Waals surface area (Å²) < 4.78 is 26.4. The van der Waals surface area contributed by atoms with Gasteiger partial charge < -0.3 is 5.11 Å². The third-order valence-electron chi connectivity index (χ3n) is 3.11. The average molecular weight is 325 g/mol.